The summed E-state index contributed by atoms with van der Waals surface area (Å²) in [5, 5.41) is 2.30. The molecule has 3 heterocycles. The standard InChI is InChI=1S/C27H23F8N3O4/c1-24(2,3)42-23(40)37-11-16-5-7-20(41-16)21-17(26(30,31)32)8-15(9-18(21)27(33,34)35)19-6-4-14(10-36-19)22(39)38-12-25(28,29)13-38/h4-10H,11-13H2,1-3H3,(H,37,40). The quantitative estimate of drug-likeness (QED) is 0.312. The molecule has 2 amide bonds. The van der Waals surface area contributed by atoms with Crippen molar-refractivity contribution in [2.24, 2.45) is 0 Å². The van der Waals surface area contributed by atoms with E-state index in [2.05, 4.69) is 10.3 Å². The Labute approximate surface area is 233 Å². The number of rotatable bonds is 5. The van der Waals surface area contributed by atoms with Crippen LogP contribution in [0.3, 0.4) is 0 Å². The fourth-order valence-electron chi connectivity index (χ4n) is 4.11. The first-order valence-electron chi connectivity index (χ1n) is 12.3. The predicted octanol–water partition coefficient (Wildman–Crippen LogP) is 7.16. The van der Waals surface area contributed by atoms with Crippen LogP contribution in [-0.2, 0) is 23.6 Å². The highest BCUT2D eigenvalue weighted by Gasteiger charge is 2.46. The molecular formula is C27H23F8N3O4. The van der Waals surface area contributed by atoms with Crippen LogP contribution < -0.4 is 5.32 Å². The van der Waals surface area contributed by atoms with E-state index in [4.69, 9.17) is 9.15 Å². The largest absolute Gasteiger partial charge is 0.459 e. The number of hydrogen-bond acceptors (Lipinski definition) is 5. The molecule has 1 aliphatic heterocycles. The number of alkyl carbamates (subject to hydrolysis) is 1. The van der Waals surface area contributed by atoms with E-state index in [1.54, 1.807) is 20.8 Å². The molecule has 226 valence electrons. The van der Waals surface area contributed by atoms with E-state index in [1.807, 2.05) is 0 Å². The van der Waals surface area contributed by atoms with Crippen LogP contribution in [0.2, 0.25) is 0 Å². The van der Waals surface area contributed by atoms with Gasteiger partial charge in [-0.1, -0.05) is 0 Å². The number of furan rings is 1. The molecule has 1 aliphatic rings. The Bertz CT molecular complexity index is 1450. The minimum atomic E-state index is -5.27. The molecule has 3 aromatic rings. The van der Waals surface area contributed by atoms with Gasteiger partial charge in [-0.25, -0.2) is 13.6 Å². The van der Waals surface area contributed by atoms with Crippen molar-refractivity contribution < 1.29 is 53.9 Å². The number of ether oxygens (including phenoxy) is 1. The summed E-state index contributed by atoms with van der Waals surface area (Å²) in [6, 6.07) is 5.06. The Hall–Kier alpha value is -4.17. The summed E-state index contributed by atoms with van der Waals surface area (Å²) >= 11 is 0. The number of likely N-dealkylation sites (tertiary alicyclic amines) is 1. The lowest BCUT2D eigenvalue weighted by molar-refractivity contribution is -0.142. The number of alkyl halides is 8. The van der Waals surface area contributed by atoms with Crippen LogP contribution in [0, 0.1) is 0 Å². The van der Waals surface area contributed by atoms with E-state index >= 15 is 0 Å². The maximum atomic E-state index is 14.2. The number of benzene rings is 1. The van der Waals surface area contributed by atoms with Crippen molar-refractivity contribution in [3.63, 3.8) is 0 Å². The lowest BCUT2D eigenvalue weighted by atomic mass is 9.93. The Morgan fingerprint density at radius 2 is 1.57 bits per heavy atom. The van der Waals surface area contributed by atoms with Gasteiger partial charge >= 0.3 is 18.4 Å². The van der Waals surface area contributed by atoms with E-state index in [0.717, 1.165) is 35.4 Å². The highest BCUT2D eigenvalue weighted by atomic mass is 19.4. The SMILES string of the molecule is CC(C)(C)OC(=O)NCc1ccc(-c2c(C(F)(F)F)cc(-c3ccc(C(=O)N4CC(F)(F)C4)cn3)cc2C(F)(F)F)o1. The van der Waals surface area contributed by atoms with Crippen molar-refractivity contribution in [2.45, 2.75) is 51.2 Å². The summed E-state index contributed by atoms with van der Waals surface area (Å²) in [5.41, 5.74) is -6.51. The van der Waals surface area contributed by atoms with Gasteiger partial charge in [-0.15, -0.1) is 0 Å². The molecule has 0 saturated carbocycles. The highest BCUT2D eigenvalue weighted by Crippen LogP contribution is 2.47. The highest BCUT2D eigenvalue weighted by molar-refractivity contribution is 5.95. The van der Waals surface area contributed by atoms with Gasteiger partial charge in [-0.05, 0) is 57.2 Å². The molecule has 0 bridgehead atoms. The summed E-state index contributed by atoms with van der Waals surface area (Å²) in [4.78, 5) is 28.8. The number of carbonyl (C=O) groups is 2. The van der Waals surface area contributed by atoms with Crippen molar-refractivity contribution in [1.29, 1.82) is 0 Å². The zero-order valence-corrected chi connectivity index (χ0v) is 22.2. The maximum Gasteiger partial charge on any atom is 0.417 e. The Kier molecular flexibility index (Phi) is 7.76. The van der Waals surface area contributed by atoms with Gasteiger partial charge in [0.15, 0.2) is 0 Å². The van der Waals surface area contributed by atoms with Gasteiger partial charge in [0.05, 0.1) is 42.0 Å². The molecule has 7 nitrogen and oxygen atoms in total. The number of nitrogens with one attached hydrogen (secondary N) is 1. The van der Waals surface area contributed by atoms with Crippen LogP contribution in [0.15, 0.2) is 47.0 Å². The van der Waals surface area contributed by atoms with E-state index in [1.165, 1.54) is 0 Å². The second-order valence-corrected chi connectivity index (χ2v) is 10.5. The Balaban J connectivity index is 1.69. The Morgan fingerprint density at radius 3 is 2.05 bits per heavy atom. The average Bonchev–Trinajstić information content (AvgIpc) is 3.31. The minimum absolute atomic E-state index is 0.136. The van der Waals surface area contributed by atoms with Crippen LogP contribution in [0.1, 0.15) is 48.0 Å². The fraction of sp³-hybridized carbons (Fsp3) is 0.370. The third kappa shape index (κ3) is 6.99. The smallest absolute Gasteiger partial charge is 0.417 e. The molecule has 1 fully saturated rings. The van der Waals surface area contributed by atoms with Gasteiger partial charge in [-0.3, -0.25) is 9.78 Å². The second kappa shape index (κ2) is 10.6. The van der Waals surface area contributed by atoms with Crippen LogP contribution in [-0.4, -0.2) is 46.5 Å². The molecular weight excluding hydrogens is 582 g/mol. The zero-order valence-electron chi connectivity index (χ0n) is 22.2. The normalized spacial score (nSPS) is 15.3. The Morgan fingerprint density at radius 1 is 0.976 bits per heavy atom. The van der Waals surface area contributed by atoms with Gasteiger partial charge in [0, 0.05) is 17.3 Å². The molecule has 0 radical (unpaired) electrons. The lowest BCUT2D eigenvalue weighted by Gasteiger charge is -2.38. The zero-order chi connectivity index (χ0) is 31.3. The van der Waals surface area contributed by atoms with Crippen molar-refractivity contribution in [1.82, 2.24) is 15.2 Å². The number of carbonyl (C=O) groups excluding carboxylic acids is 2. The summed E-state index contributed by atoms with van der Waals surface area (Å²) in [6.07, 6.45) is -10.5. The van der Waals surface area contributed by atoms with Gasteiger partial charge in [-0.2, -0.15) is 26.3 Å². The van der Waals surface area contributed by atoms with Crippen LogP contribution in [0.5, 0.6) is 0 Å². The molecule has 2 aromatic heterocycles. The van der Waals surface area contributed by atoms with E-state index in [-0.39, 0.29) is 23.6 Å². The lowest BCUT2D eigenvalue weighted by Crippen LogP contribution is -2.58. The molecule has 42 heavy (non-hydrogen) atoms. The number of hydrogen-bond donors (Lipinski definition) is 1. The molecule has 0 spiro atoms. The third-order valence-electron chi connectivity index (χ3n) is 5.90. The first-order valence-corrected chi connectivity index (χ1v) is 12.3. The molecule has 1 N–H and O–H groups in total. The number of amides is 2. The van der Waals surface area contributed by atoms with Crippen molar-refractivity contribution >= 4 is 12.0 Å². The molecule has 1 saturated heterocycles. The monoisotopic (exact) mass is 605 g/mol. The van der Waals surface area contributed by atoms with Gasteiger partial charge in [0.25, 0.3) is 11.8 Å². The first-order chi connectivity index (χ1) is 19.2. The van der Waals surface area contributed by atoms with Crippen LogP contribution in [0.4, 0.5) is 39.9 Å². The van der Waals surface area contributed by atoms with Crippen LogP contribution >= 0.6 is 0 Å². The average molecular weight is 605 g/mol. The maximum absolute atomic E-state index is 14.2. The summed E-state index contributed by atoms with van der Waals surface area (Å²) in [6.45, 7) is 2.78. The van der Waals surface area contributed by atoms with Gasteiger partial charge in [0.1, 0.15) is 17.1 Å². The van der Waals surface area contributed by atoms with E-state index in [9.17, 15) is 44.7 Å². The number of nitrogens with zero attached hydrogens (tertiary/aromatic N) is 2. The summed E-state index contributed by atoms with van der Waals surface area (Å²) in [7, 11) is 0. The number of aromatic nitrogens is 1. The topological polar surface area (TPSA) is 84.7 Å². The second-order valence-electron chi connectivity index (χ2n) is 10.5. The summed E-state index contributed by atoms with van der Waals surface area (Å²) < 4.78 is 121. The van der Waals surface area contributed by atoms with Crippen molar-refractivity contribution in [2.75, 3.05) is 13.1 Å². The molecule has 0 aliphatic carbocycles. The first kappa shape index (κ1) is 30.8. The molecule has 1 aromatic carbocycles. The van der Waals surface area contributed by atoms with Crippen LogP contribution in [0.25, 0.3) is 22.6 Å². The fourth-order valence-corrected chi connectivity index (χ4v) is 4.11. The number of pyridine rings is 1. The molecule has 0 unspecified atom stereocenters. The molecule has 0 atom stereocenters. The van der Waals surface area contributed by atoms with E-state index < -0.39 is 77.0 Å². The molecule has 4 rings (SSSR count). The summed E-state index contributed by atoms with van der Waals surface area (Å²) in [5.74, 6) is -4.72. The minimum Gasteiger partial charge on any atom is -0.459 e. The van der Waals surface area contributed by atoms with Crippen molar-refractivity contribution in [3.8, 4) is 22.6 Å². The van der Waals surface area contributed by atoms with E-state index in [0.29, 0.717) is 12.1 Å². The van der Waals surface area contributed by atoms with Gasteiger partial charge in [0.2, 0.25) is 0 Å². The predicted molar refractivity (Wildman–Crippen MR) is 131 cm³/mol. The van der Waals surface area contributed by atoms with Crippen molar-refractivity contribution in [3.05, 3.63) is 65.0 Å². The third-order valence-corrected chi connectivity index (χ3v) is 5.90. The van der Waals surface area contributed by atoms with Gasteiger partial charge < -0.3 is 19.4 Å². The molecule has 15 heteroatoms. The number of halogens is 8.